The molecule has 3 nitrogen and oxygen atoms in total. The van der Waals surface area contributed by atoms with Crippen LogP contribution in [-0.4, -0.2) is 12.1 Å². The Bertz CT molecular complexity index is 494. The summed E-state index contributed by atoms with van der Waals surface area (Å²) < 4.78 is 5.12. The van der Waals surface area contributed by atoms with Crippen LogP contribution in [0, 0.1) is 6.92 Å². The van der Waals surface area contributed by atoms with Gasteiger partial charge in [-0.05, 0) is 35.7 Å². The summed E-state index contributed by atoms with van der Waals surface area (Å²) in [6.45, 7) is 2.01. The predicted molar refractivity (Wildman–Crippen MR) is 68.0 cm³/mol. The molecule has 0 bridgehead atoms. The minimum Gasteiger partial charge on any atom is -0.497 e. The highest BCUT2D eigenvalue weighted by atomic mass is 16.5. The average molecular weight is 228 g/mol. The second-order valence-electron chi connectivity index (χ2n) is 4.05. The number of ether oxygens (including phenoxy) is 1. The van der Waals surface area contributed by atoms with Crippen molar-refractivity contribution >= 4 is 0 Å². The number of methoxy groups -OCH3 is 1. The highest BCUT2D eigenvalue weighted by Gasteiger charge is 2.09. The first-order chi connectivity index (χ1) is 8.20. The van der Waals surface area contributed by atoms with Crippen molar-refractivity contribution in [3.8, 4) is 5.75 Å². The van der Waals surface area contributed by atoms with Gasteiger partial charge < -0.3 is 10.5 Å². The van der Waals surface area contributed by atoms with Gasteiger partial charge in [-0.25, -0.2) is 0 Å². The van der Waals surface area contributed by atoms with Gasteiger partial charge in [0.25, 0.3) is 0 Å². The molecule has 0 saturated heterocycles. The highest BCUT2D eigenvalue weighted by molar-refractivity contribution is 5.35. The van der Waals surface area contributed by atoms with Crippen LogP contribution in [0.2, 0.25) is 0 Å². The summed E-state index contributed by atoms with van der Waals surface area (Å²) in [6.07, 6.45) is 3.63. The molecule has 0 aliphatic rings. The van der Waals surface area contributed by atoms with Crippen LogP contribution in [0.15, 0.2) is 42.7 Å². The normalized spacial score (nSPS) is 12.2. The molecule has 1 aromatic heterocycles. The van der Waals surface area contributed by atoms with Gasteiger partial charge in [0, 0.05) is 12.4 Å². The van der Waals surface area contributed by atoms with Crippen LogP contribution in [0.5, 0.6) is 5.75 Å². The van der Waals surface area contributed by atoms with E-state index in [1.54, 1.807) is 7.11 Å². The fourth-order valence-electron chi connectivity index (χ4n) is 1.75. The van der Waals surface area contributed by atoms with Crippen molar-refractivity contribution in [2.24, 2.45) is 5.73 Å². The van der Waals surface area contributed by atoms with Gasteiger partial charge in [-0.3, -0.25) is 4.98 Å². The van der Waals surface area contributed by atoms with Crippen molar-refractivity contribution in [1.82, 2.24) is 4.98 Å². The van der Waals surface area contributed by atoms with Crippen LogP contribution < -0.4 is 10.5 Å². The van der Waals surface area contributed by atoms with E-state index in [0.717, 1.165) is 22.4 Å². The molecule has 0 amide bonds. The molecule has 2 rings (SSSR count). The Kier molecular flexibility index (Phi) is 3.40. The van der Waals surface area contributed by atoms with E-state index in [1.807, 2.05) is 43.6 Å². The summed E-state index contributed by atoms with van der Waals surface area (Å²) in [7, 11) is 1.65. The predicted octanol–water partition coefficient (Wildman–Crippen LogP) is 2.45. The maximum Gasteiger partial charge on any atom is 0.118 e. The second-order valence-corrected chi connectivity index (χ2v) is 4.05. The third kappa shape index (κ3) is 2.63. The first kappa shape index (κ1) is 11.6. The Labute approximate surface area is 101 Å². The summed E-state index contributed by atoms with van der Waals surface area (Å²) in [4.78, 5) is 4.16. The molecule has 0 spiro atoms. The van der Waals surface area contributed by atoms with Crippen molar-refractivity contribution in [3.05, 3.63) is 59.4 Å². The molecule has 3 heteroatoms. The summed E-state index contributed by atoms with van der Waals surface area (Å²) >= 11 is 0. The number of hydrogen-bond acceptors (Lipinski definition) is 3. The molecule has 0 aliphatic heterocycles. The molecule has 0 aliphatic carbocycles. The van der Waals surface area contributed by atoms with Gasteiger partial charge in [-0.15, -0.1) is 0 Å². The smallest absolute Gasteiger partial charge is 0.118 e. The SMILES string of the molecule is COc1ccc(C(N)c2cncc(C)c2)cc1. The van der Waals surface area contributed by atoms with E-state index in [4.69, 9.17) is 10.5 Å². The van der Waals surface area contributed by atoms with Crippen LogP contribution in [-0.2, 0) is 0 Å². The third-order valence-electron chi connectivity index (χ3n) is 2.73. The highest BCUT2D eigenvalue weighted by Crippen LogP contribution is 2.21. The summed E-state index contributed by atoms with van der Waals surface area (Å²) in [5.74, 6) is 0.836. The number of benzene rings is 1. The summed E-state index contributed by atoms with van der Waals surface area (Å²) in [5, 5.41) is 0. The molecule has 88 valence electrons. The molecule has 17 heavy (non-hydrogen) atoms. The lowest BCUT2D eigenvalue weighted by Crippen LogP contribution is -2.12. The van der Waals surface area contributed by atoms with Gasteiger partial charge in [0.15, 0.2) is 0 Å². The molecule has 1 atom stereocenters. The number of nitrogens with two attached hydrogens (primary N) is 1. The van der Waals surface area contributed by atoms with Crippen LogP contribution in [0.4, 0.5) is 0 Å². The Hall–Kier alpha value is -1.87. The maximum absolute atomic E-state index is 6.20. The number of aryl methyl sites for hydroxylation is 1. The largest absolute Gasteiger partial charge is 0.497 e. The van der Waals surface area contributed by atoms with Gasteiger partial charge in [0.1, 0.15) is 5.75 Å². The van der Waals surface area contributed by atoms with E-state index in [2.05, 4.69) is 11.1 Å². The molecule has 1 aromatic carbocycles. The van der Waals surface area contributed by atoms with Gasteiger partial charge in [-0.1, -0.05) is 18.2 Å². The second kappa shape index (κ2) is 4.97. The van der Waals surface area contributed by atoms with Crippen molar-refractivity contribution in [2.75, 3.05) is 7.11 Å². The van der Waals surface area contributed by atoms with Crippen LogP contribution in [0.1, 0.15) is 22.7 Å². The number of pyridine rings is 1. The molecule has 1 heterocycles. The molecule has 1 unspecified atom stereocenters. The first-order valence-electron chi connectivity index (χ1n) is 5.52. The van der Waals surface area contributed by atoms with E-state index < -0.39 is 0 Å². The number of nitrogens with zero attached hydrogens (tertiary/aromatic N) is 1. The summed E-state index contributed by atoms with van der Waals surface area (Å²) in [5.41, 5.74) is 9.39. The van der Waals surface area contributed by atoms with Crippen LogP contribution in [0.3, 0.4) is 0 Å². The molecule has 0 fully saturated rings. The monoisotopic (exact) mass is 228 g/mol. The van der Waals surface area contributed by atoms with E-state index in [0.29, 0.717) is 0 Å². The molecule has 0 radical (unpaired) electrons. The topological polar surface area (TPSA) is 48.1 Å². The fourth-order valence-corrected chi connectivity index (χ4v) is 1.75. The maximum atomic E-state index is 6.20. The summed E-state index contributed by atoms with van der Waals surface area (Å²) in [6, 6.07) is 9.70. The Balaban J connectivity index is 2.27. The Morgan fingerprint density at radius 1 is 1.12 bits per heavy atom. The zero-order valence-corrected chi connectivity index (χ0v) is 10.1. The molecule has 2 aromatic rings. The number of rotatable bonds is 3. The standard InChI is InChI=1S/C14H16N2O/c1-10-7-12(9-16-8-10)14(15)11-3-5-13(17-2)6-4-11/h3-9,14H,15H2,1-2H3. The van der Waals surface area contributed by atoms with Gasteiger partial charge in [-0.2, -0.15) is 0 Å². The third-order valence-corrected chi connectivity index (χ3v) is 2.73. The van der Waals surface area contributed by atoms with Crippen molar-refractivity contribution in [1.29, 1.82) is 0 Å². The number of aromatic nitrogens is 1. The zero-order valence-electron chi connectivity index (χ0n) is 10.1. The van der Waals surface area contributed by atoms with Gasteiger partial charge in [0.2, 0.25) is 0 Å². The lowest BCUT2D eigenvalue weighted by atomic mass is 10.0. The van der Waals surface area contributed by atoms with Crippen LogP contribution in [0.25, 0.3) is 0 Å². The molecule has 0 saturated carbocycles. The Morgan fingerprint density at radius 3 is 2.41 bits per heavy atom. The average Bonchev–Trinajstić information content (AvgIpc) is 2.38. The molecular weight excluding hydrogens is 212 g/mol. The quantitative estimate of drug-likeness (QED) is 0.877. The zero-order chi connectivity index (χ0) is 12.3. The minimum atomic E-state index is -0.145. The van der Waals surface area contributed by atoms with E-state index in [1.165, 1.54) is 0 Å². The van der Waals surface area contributed by atoms with Crippen LogP contribution >= 0.6 is 0 Å². The lowest BCUT2D eigenvalue weighted by Gasteiger charge is -2.13. The lowest BCUT2D eigenvalue weighted by molar-refractivity contribution is 0.414. The molecule has 2 N–H and O–H groups in total. The van der Waals surface area contributed by atoms with E-state index >= 15 is 0 Å². The van der Waals surface area contributed by atoms with Crippen molar-refractivity contribution < 1.29 is 4.74 Å². The van der Waals surface area contributed by atoms with Gasteiger partial charge >= 0.3 is 0 Å². The van der Waals surface area contributed by atoms with E-state index in [9.17, 15) is 0 Å². The first-order valence-corrected chi connectivity index (χ1v) is 5.52. The Morgan fingerprint density at radius 2 is 1.82 bits per heavy atom. The number of hydrogen-bond donors (Lipinski definition) is 1. The fraction of sp³-hybridized carbons (Fsp3) is 0.214. The van der Waals surface area contributed by atoms with Crippen molar-refractivity contribution in [2.45, 2.75) is 13.0 Å². The minimum absolute atomic E-state index is 0.145. The molecular formula is C14H16N2O. The van der Waals surface area contributed by atoms with E-state index in [-0.39, 0.29) is 6.04 Å². The van der Waals surface area contributed by atoms with Crippen molar-refractivity contribution in [3.63, 3.8) is 0 Å². The van der Waals surface area contributed by atoms with Gasteiger partial charge in [0.05, 0.1) is 13.2 Å².